The molecule has 1 saturated heterocycles. The Bertz CT molecular complexity index is 791. The van der Waals surface area contributed by atoms with Gasteiger partial charge in [0.05, 0.1) is 31.2 Å². The molecule has 1 aliphatic heterocycles. The van der Waals surface area contributed by atoms with Crippen LogP contribution < -0.4 is 15.0 Å². The summed E-state index contributed by atoms with van der Waals surface area (Å²) in [6.07, 6.45) is 2.11. The summed E-state index contributed by atoms with van der Waals surface area (Å²) >= 11 is 3.50. The van der Waals surface area contributed by atoms with Crippen LogP contribution >= 0.6 is 15.9 Å². The van der Waals surface area contributed by atoms with Crippen LogP contribution in [0.5, 0.6) is 5.75 Å². The third-order valence-corrected chi connectivity index (χ3v) is 5.13. The van der Waals surface area contributed by atoms with Gasteiger partial charge in [-0.2, -0.15) is 0 Å². The summed E-state index contributed by atoms with van der Waals surface area (Å²) in [5.74, 6) is 0.914. The summed E-state index contributed by atoms with van der Waals surface area (Å²) in [5, 5.41) is 3.07. The zero-order chi connectivity index (χ0) is 19.8. The molecule has 1 amide bonds. The van der Waals surface area contributed by atoms with Crippen molar-refractivity contribution in [1.82, 2.24) is 0 Å². The Balaban J connectivity index is 1.46. The van der Waals surface area contributed by atoms with E-state index in [0.717, 1.165) is 47.5 Å². The molecule has 5 nitrogen and oxygen atoms in total. The van der Waals surface area contributed by atoms with Gasteiger partial charge in [0.1, 0.15) is 5.75 Å². The number of unbranched alkanes of at least 4 members (excludes halogenated alkanes) is 1. The van der Waals surface area contributed by atoms with Gasteiger partial charge in [0.25, 0.3) is 0 Å². The van der Waals surface area contributed by atoms with Crippen LogP contribution in [0.25, 0.3) is 0 Å². The average Bonchev–Trinajstić information content (AvgIpc) is 2.68. The van der Waals surface area contributed by atoms with Gasteiger partial charge in [-0.25, -0.2) is 0 Å². The molecule has 1 aliphatic rings. The zero-order valence-electron chi connectivity index (χ0n) is 16.2. The maximum absolute atomic E-state index is 12.4. The molecule has 1 heterocycles. The number of hydrogen-bond donors (Lipinski definition) is 1. The first-order valence-corrected chi connectivity index (χ1v) is 10.5. The van der Waals surface area contributed by atoms with Crippen molar-refractivity contribution in [2.24, 2.45) is 0 Å². The molecule has 0 atom stereocenters. The van der Waals surface area contributed by atoms with Crippen LogP contribution in [0.2, 0.25) is 0 Å². The molecule has 0 aliphatic carbocycles. The summed E-state index contributed by atoms with van der Waals surface area (Å²) in [7, 11) is 0. The highest BCUT2D eigenvalue weighted by Gasteiger charge is 2.16. The fraction of sp³-hybridized carbons (Fsp3) is 0.409. The number of anilines is 2. The number of halogens is 1. The number of morpholine rings is 1. The maximum atomic E-state index is 12.4. The van der Waals surface area contributed by atoms with Crippen LogP contribution in [-0.4, -0.2) is 38.8 Å². The van der Waals surface area contributed by atoms with E-state index in [4.69, 9.17) is 9.47 Å². The molecule has 2 aromatic rings. The lowest BCUT2D eigenvalue weighted by atomic mass is 10.2. The Morgan fingerprint density at radius 1 is 1.18 bits per heavy atom. The third kappa shape index (κ3) is 6.24. The largest absolute Gasteiger partial charge is 0.494 e. The molecule has 0 unspecified atom stereocenters. The van der Waals surface area contributed by atoms with Gasteiger partial charge in [-0.1, -0.05) is 28.1 Å². The molecular weight excluding hydrogens is 420 g/mol. The smallest absolute Gasteiger partial charge is 0.224 e. The van der Waals surface area contributed by atoms with Gasteiger partial charge in [-0.3, -0.25) is 4.79 Å². The first-order valence-electron chi connectivity index (χ1n) is 9.73. The van der Waals surface area contributed by atoms with Gasteiger partial charge in [0.15, 0.2) is 0 Å². The number of aryl methyl sites for hydroxylation is 1. The van der Waals surface area contributed by atoms with Gasteiger partial charge in [0.2, 0.25) is 5.91 Å². The lowest BCUT2D eigenvalue weighted by Gasteiger charge is -2.30. The molecule has 1 fully saturated rings. The number of carbonyl (C=O) groups excluding carboxylic acids is 1. The minimum absolute atomic E-state index is 0.0307. The van der Waals surface area contributed by atoms with Crippen molar-refractivity contribution in [3.05, 3.63) is 52.5 Å². The second-order valence-corrected chi connectivity index (χ2v) is 7.85. The van der Waals surface area contributed by atoms with E-state index in [1.807, 2.05) is 49.4 Å². The summed E-state index contributed by atoms with van der Waals surface area (Å²) < 4.78 is 12.1. The van der Waals surface area contributed by atoms with E-state index in [0.29, 0.717) is 26.2 Å². The highest BCUT2D eigenvalue weighted by atomic mass is 79.9. The molecule has 0 radical (unpaired) electrons. The minimum Gasteiger partial charge on any atom is -0.494 e. The topological polar surface area (TPSA) is 50.8 Å². The lowest BCUT2D eigenvalue weighted by Crippen LogP contribution is -2.36. The molecule has 0 saturated carbocycles. The quantitative estimate of drug-likeness (QED) is 0.592. The Kier molecular flexibility index (Phi) is 7.74. The number of ether oxygens (including phenoxy) is 2. The van der Waals surface area contributed by atoms with E-state index in [-0.39, 0.29) is 5.91 Å². The van der Waals surface area contributed by atoms with Crippen molar-refractivity contribution in [2.45, 2.75) is 26.2 Å². The van der Waals surface area contributed by atoms with Crippen molar-refractivity contribution >= 4 is 33.2 Å². The fourth-order valence-corrected chi connectivity index (χ4v) is 3.54. The standard InChI is InChI=1S/C22H27BrN2O3/c1-17-5-4-6-19(15-17)28-12-3-2-7-22(26)24-20-16-18(23)8-9-21(20)25-10-13-27-14-11-25/h4-6,8-9,15-16H,2-3,7,10-14H2,1H3,(H,24,26). The van der Waals surface area contributed by atoms with E-state index >= 15 is 0 Å². The number of amides is 1. The molecule has 28 heavy (non-hydrogen) atoms. The fourth-order valence-electron chi connectivity index (χ4n) is 3.18. The monoisotopic (exact) mass is 446 g/mol. The number of nitrogens with zero attached hydrogens (tertiary/aromatic N) is 1. The molecular formula is C22H27BrN2O3. The molecule has 0 aromatic heterocycles. The molecule has 3 rings (SSSR count). The normalized spacial score (nSPS) is 14.0. The lowest BCUT2D eigenvalue weighted by molar-refractivity contribution is -0.116. The number of hydrogen-bond acceptors (Lipinski definition) is 4. The Morgan fingerprint density at radius 2 is 2.00 bits per heavy atom. The van der Waals surface area contributed by atoms with Crippen LogP contribution in [0.15, 0.2) is 46.9 Å². The second kappa shape index (κ2) is 10.5. The van der Waals surface area contributed by atoms with Crippen LogP contribution in [0.3, 0.4) is 0 Å². The van der Waals surface area contributed by atoms with Gasteiger partial charge < -0.3 is 19.7 Å². The third-order valence-electron chi connectivity index (χ3n) is 4.64. The molecule has 0 bridgehead atoms. The molecule has 2 aromatic carbocycles. The minimum atomic E-state index is 0.0307. The van der Waals surface area contributed by atoms with E-state index < -0.39 is 0 Å². The van der Waals surface area contributed by atoms with E-state index in [1.54, 1.807) is 0 Å². The van der Waals surface area contributed by atoms with Crippen LogP contribution in [0, 0.1) is 6.92 Å². The van der Waals surface area contributed by atoms with E-state index in [1.165, 1.54) is 5.56 Å². The summed E-state index contributed by atoms with van der Waals surface area (Å²) in [5.41, 5.74) is 3.07. The summed E-state index contributed by atoms with van der Waals surface area (Å²) in [4.78, 5) is 14.7. The van der Waals surface area contributed by atoms with Gasteiger partial charge >= 0.3 is 0 Å². The van der Waals surface area contributed by atoms with E-state index in [2.05, 4.69) is 26.1 Å². The van der Waals surface area contributed by atoms with Gasteiger partial charge in [0, 0.05) is 24.0 Å². The number of benzene rings is 2. The summed E-state index contributed by atoms with van der Waals surface area (Å²) in [6, 6.07) is 14.0. The first-order chi connectivity index (χ1) is 13.6. The van der Waals surface area contributed by atoms with Gasteiger partial charge in [-0.05, 0) is 55.7 Å². The predicted molar refractivity (Wildman–Crippen MR) is 116 cm³/mol. The van der Waals surface area contributed by atoms with Crippen molar-refractivity contribution in [1.29, 1.82) is 0 Å². The first kappa shape index (κ1) is 20.7. The maximum Gasteiger partial charge on any atom is 0.224 e. The summed E-state index contributed by atoms with van der Waals surface area (Å²) in [6.45, 7) is 5.76. The van der Waals surface area contributed by atoms with Crippen molar-refractivity contribution in [2.75, 3.05) is 43.1 Å². The second-order valence-electron chi connectivity index (χ2n) is 6.93. The predicted octanol–water partition coefficient (Wildman–Crippen LogP) is 4.78. The van der Waals surface area contributed by atoms with Gasteiger partial charge in [-0.15, -0.1) is 0 Å². The Hall–Kier alpha value is -2.05. The number of rotatable bonds is 8. The van der Waals surface area contributed by atoms with Crippen LogP contribution in [-0.2, 0) is 9.53 Å². The van der Waals surface area contributed by atoms with Crippen LogP contribution in [0.1, 0.15) is 24.8 Å². The average molecular weight is 447 g/mol. The molecule has 6 heteroatoms. The highest BCUT2D eigenvalue weighted by Crippen LogP contribution is 2.30. The zero-order valence-corrected chi connectivity index (χ0v) is 17.8. The highest BCUT2D eigenvalue weighted by molar-refractivity contribution is 9.10. The van der Waals surface area contributed by atoms with Crippen molar-refractivity contribution in [3.8, 4) is 5.75 Å². The van der Waals surface area contributed by atoms with Crippen molar-refractivity contribution < 1.29 is 14.3 Å². The molecule has 150 valence electrons. The Morgan fingerprint density at radius 3 is 2.79 bits per heavy atom. The van der Waals surface area contributed by atoms with Crippen LogP contribution in [0.4, 0.5) is 11.4 Å². The Labute approximate surface area is 175 Å². The molecule has 1 N–H and O–H groups in total. The number of carbonyl (C=O) groups is 1. The SMILES string of the molecule is Cc1cccc(OCCCCC(=O)Nc2cc(Br)ccc2N2CCOCC2)c1. The van der Waals surface area contributed by atoms with Crippen molar-refractivity contribution in [3.63, 3.8) is 0 Å². The number of nitrogens with one attached hydrogen (secondary N) is 1. The van der Waals surface area contributed by atoms with E-state index in [9.17, 15) is 4.79 Å². The molecule has 0 spiro atoms.